The molecule has 1 saturated heterocycles. The maximum absolute atomic E-state index is 13.4. The molecule has 0 unspecified atom stereocenters. The van der Waals surface area contributed by atoms with Gasteiger partial charge in [-0.05, 0) is 20.3 Å². The fourth-order valence-corrected chi connectivity index (χ4v) is 5.23. The monoisotopic (exact) mass is 567 g/mol. The highest BCUT2D eigenvalue weighted by atomic mass is 32.2. The summed E-state index contributed by atoms with van der Waals surface area (Å²) in [5, 5.41) is 37.3. The van der Waals surface area contributed by atoms with E-state index in [1.54, 1.807) is 32.9 Å². The Bertz CT molecular complexity index is 1140. The van der Waals surface area contributed by atoms with Gasteiger partial charge in [-0.3, -0.25) is 9.79 Å². The Morgan fingerprint density at radius 1 is 1.41 bits per heavy atom. The van der Waals surface area contributed by atoms with Crippen molar-refractivity contribution in [3.63, 3.8) is 0 Å². The Morgan fingerprint density at radius 3 is 2.82 bits per heavy atom. The number of thioether (sulfide) groups is 1. The van der Waals surface area contributed by atoms with Crippen molar-refractivity contribution in [1.82, 2.24) is 5.32 Å². The first-order valence-corrected chi connectivity index (χ1v) is 13.8. The van der Waals surface area contributed by atoms with Crippen LogP contribution in [-0.2, 0) is 14.4 Å². The van der Waals surface area contributed by atoms with Gasteiger partial charge in [0.2, 0.25) is 5.91 Å². The zero-order valence-corrected chi connectivity index (χ0v) is 23.3. The van der Waals surface area contributed by atoms with E-state index >= 15 is 0 Å². The Hall–Kier alpha value is -2.71. The van der Waals surface area contributed by atoms with E-state index in [4.69, 9.17) is 18.7 Å². The number of hydrogen-bond donors (Lipinski definition) is 4. The third-order valence-corrected chi connectivity index (χ3v) is 7.88. The lowest BCUT2D eigenvalue weighted by atomic mass is 9.91. The van der Waals surface area contributed by atoms with Crippen LogP contribution >= 0.6 is 11.8 Å². The summed E-state index contributed by atoms with van der Waals surface area (Å²) in [6.07, 6.45) is -1.50. The second-order valence-electron chi connectivity index (χ2n) is 9.76. The van der Waals surface area contributed by atoms with E-state index in [2.05, 4.69) is 22.0 Å². The first kappa shape index (κ1) is 30.8. The fourth-order valence-electron chi connectivity index (χ4n) is 4.10. The number of amides is 1. The number of rotatable bonds is 12. The van der Waals surface area contributed by atoms with Crippen molar-refractivity contribution in [2.24, 2.45) is 16.1 Å². The summed E-state index contributed by atoms with van der Waals surface area (Å²) in [5.74, 6) is -0.00122. The van der Waals surface area contributed by atoms with Crippen molar-refractivity contribution in [3.05, 3.63) is 41.0 Å². The van der Waals surface area contributed by atoms with E-state index in [1.165, 1.54) is 17.8 Å². The van der Waals surface area contributed by atoms with Crippen molar-refractivity contribution in [2.75, 3.05) is 19.0 Å². The van der Waals surface area contributed by atoms with E-state index < -0.39 is 54.3 Å². The minimum absolute atomic E-state index is 0.222. The molecule has 1 amide bonds. The first-order valence-electron chi connectivity index (χ1n) is 12.8. The van der Waals surface area contributed by atoms with Gasteiger partial charge in [-0.15, -0.1) is 11.8 Å². The minimum Gasteiger partial charge on any atom is -0.489 e. The summed E-state index contributed by atoms with van der Waals surface area (Å²) >= 11 is 1.32. The molecule has 0 spiro atoms. The molecule has 13 heteroatoms. The largest absolute Gasteiger partial charge is 0.489 e. The molecule has 1 aromatic heterocycles. The predicted octanol–water partition coefficient (Wildman–Crippen LogP) is 1.53. The zero-order chi connectivity index (χ0) is 28.7. The molecule has 216 valence electrons. The smallest absolute Gasteiger partial charge is 0.339 e. The maximum Gasteiger partial charge on any atom is 0.339 e. The minimum atomic E-state index is -1.19. The number of aliphatic imine (C=N–C) groups is 1. The Balaban J connectivity index is 1.71. The molecule has 12 nitrogen and oxygen atoms in total. The quantitative estimate of drug-likeness (QED) is 0.165. The number of nitrogens with one attached hydrogen (secondary N) is 1. The third kappa shape index (κ3) is 7.48. The molecule has 39 heavy (non-hydrogen) atoms. The molecule has 1 fully saturated rings. The summed E-state index contributed by atoms with van der Waals surface area (Å²) in [4.78, 5) is 35.4. The van der Waals surface area contributed by atoms with Gasteiger partial charge in [0.1, 0.15) is 46.6 Å². The van der Waals surface area contributed by atoms with Gasteiger partial charge in [-0.1, -0.05) is 38.1 Å². The van der Waals surface area contributed by atoms with Crippen molar-refractivity contribution in [2.45, 2.75) is 76.7 Å². The number of nitrogens with zero attached hydrogens (tertiary/aromatic N) is 2. The number of aliphatic hydroxyl groups excluding tert-OH is 3. The Morgan fingerprint density at radius 2 is 2.15 bits per heavy atom. The Labute approximate surface area is 231 Å². The molecule has 0 bridgehead atoms. The van der Waals surface area contributed by atoms with E-state index in [1.807, 2.05) is 6.92 Å². The molecule has 0 radical (unpaired) electrons. The maximum atomic E-state index is 13.4. The van der Waals surface area contributed by atoms with E-state index in [0.717, 1.165) is 6.42 Å². The van der Waals surface area contributed by atoms with Gasteiger partial charge in [0.25, 0.3) is 6.29 Å². The summed E-state index contributed by atoms with van der Waals surface area (Å²) in [7, 11) is 0. The highest BCUT2D eigenvalue weighted by Crippen LogP contribution is 2.31. The molecular formula is C26H37N3O9S. The second-order valence-corrected chi connectivity index (χ2v) is 10.7. The van der Waals surface area contributed by atoms with Gasteiger partial charge < -0.3 is 39.4 Å². The van der Waals surface area contributed by atoms with Crippen LogP contribution < -0.4 is 15.7 Å². The summed E-state index contributed by atoms with van der Waals surface area (Å²) in [5.41, 5.74) is -1.34. The SMILES string of the molecule is C=CCOc1cc([C@@H](CCC)NC(=O)[C@]2(C)CSC(/C(C)=N/O[C@H]3O[C@H](CO)[C@@H](O)[C@H](C)[C@@H]3O)=N2)oc(=O)c1. The number of aliphatic hydroxyl groups is 3. The molecule has 3 heterocycles. The van der Waals surface area contributed by atoms with Crippen molar-refractivity contribution >= 4 is 28.4 Å². The van der Waals surface area contributed by atoms with Crippen LogP contribution in [-0.4, -0.2) is 81.1 Å². The lowest BCUT2D eigenvalue weighted by molar-refractivity contribution is -0.287. The van der Waals surface area contributed by atoms with Crippen molar-refractivity contribution in [1.29, 1.82) is 0 Å². The van der Waals surface area contributed by atoms with Gasteiger partial charge in [-0.25, -0.2) is 4.79 Å². The van der Waals surface area contributed by atoms with Crippen LogP contribution in [0.2, 0.25) is 0 Å². The average Bonchev–Trinajstić information content (AvgIpc) is 3.33. The number of carbonyl (C=O) groups excluding carboxylic acids is 1. The summed E-state index contributed by atoms with van der Waals surface area (Å²) < 4.78 is 16.3. The van der Waals surface area contributed by atoms with Crippen LogP contribution in [0, 0.1) is 5.92 Å². The lowest BCUT2D eigenvalue weighted by Gasteiger charge is -2.39. The highest BCUT2D eigenvalue weighted by Gasteiger charge is 2.44. The average molecular weight is 568 g/mol. The molecule has 1 aromatic rings. The van der Waals surface area contributed by atoms with Gasteiger partial charge in [0, 0.05) is 17.7 Å². The summed E-state index contributed by atoms with van der Waals surface area (Å²) in [6, 6.07) is 2.25. The molecule has 2 aliphatic heterocycles. The van der Waals surface area contributed by atoms with Gasteiger partial charge >= 0.3 is 5.63 Å². The van der Waals surface area contributed by atoms with Gasteiger partial charge in [0.05, 0.1) is 24.8 Å². The van der Waals surface area contributed by atoms with Gasteiger partial charge in [0.15, 0.2) is 0 Å². The normalized spacial score (nSPS) is 29.9. The number of ether oxygens (including phenoxy) is 2. The number of carbonyl (C=O) groups is 1. The molecule has 0 aliphatic carbocycles. The molecule has 3 rings (SSSR count). The van der Waals surface area contributed by atoms with Crippen molar-refractivity contribution < 1.29 is 38.8 Å². The highest BCUT2D eigenvalue weighted by molar-refractivity contribution is 8.16. The topological polar surface area (TPSA) is 172 Å². The fraction of sp³-hybridized carbons (Fsp3) is 0.615. The number of oxime groups is 1. The Kier molecular flexibility index (Phi) is 10.7. The number of hydrogen-bond acceptors (Lipinski definition) is 12. The molecule has 7 atom stereocenters. The molecule has 0 aromatic carbocycles. The first-order chi connectivity index (χ1) is 18.5. The molecule has 0 saturated carbocycles. The molecule has 4 N–H and O–H groups in total. The van der Waals surface area contributed by atoms with Crippen LogP contribution in [0.4, 0.5) is 0 Å². The van der Waals surface area contributed by atoms with E-state index in [0.29, 0.717) is 28.7 Å². The van der Waals surface area contributed by atoms with Crippen LogP contribution in [0.15, 0.2) is 44.1 Å². The lowest BCUT2D eigenvalue weighted by Crippen LogP contribution is -2.54. The van der Waals surface area contributed by atoms with E-state index in [9.17, 15) is 24.9 Å². The second kappa shape index (κ2) is 13.6. The third-order valence-electron chi connectivity index (χ3n) is 6.51. The predicted molar refractivity (Wildman–Crippen MR) is 146 cm³/mol. The molecule has 2 aliphatic rings. The molecular weight excluding hydrogens is 530 g/mol. The van der Waals surface area contributed by atoms with Crippen LogP contribution in [0.1, 0.15) is 52.3 Å². The van der Waals surface area contributed by atoms with Crippen LogP contribution in [0.3, 0.4) is 0 Å². The summed E-state index contributed by atoms with van der Waals surface area (Å²) in [6.45, 7) is 10.3. The van der Waals surface area contributed by atoms with E-state index in [-0.39, 0.29) is 18.3 Å². The van der Waals surface area contributed by atoms with Gasteiger partial charge in [-0.2, -0.15) is 0 Å². The zero-order valence-electron chi connectivity index (χ0n) is 22.5. The van der Waals surface area contributed by atoms with Crippen LogP contribution in [0.25, 0.3) is 0 Å². The van der Waals surface area contributed by atoms with Crippen LogP contribution in [0.5, 0.6) is 5.75 Å². The van der Waals surface area contributed by atoms with Crippen molar-refractivity contribution in [3.8, 4) is 5.75 Å². The standard InChI is InChI=1S/C26H37N3O9S/c1-6-8-17(18-10-16(35-9-7-2)11-20(31)36-18)27-25(34)26(5)13-39-23(28-26)15(4)29-38-24-22(33)14(3)21(32)19(12-30)37-24/h7,10-11,14,17,19,21-22,24,30,32-33H,2,6,8-9,12-13H2,1,3-5H3,(H,27,34)/b29-15+/t14-,17+,19+,21-,22-,24+,26-/m0/s1.